The van der Waals surface area contributed by atoms with Crippen molar-refractivity contribution < 1.29 is 19.7 Å². The van der Waals surface area contributed by atoms with E-state index in [9.17, 15) is 15.0 Å². The van der Waals surface area contributed by atoms with E-state index in [4.69, 9.17) is 16.2 Å². The van der Waals surface area contributed by atoms with Crippen LogP contribution in [0.5, 0.6) is 0 Å². The number of carbonyl (C=O) groups excluding carboxylic acids is 1. The summed E-state index contributed by atoms with van der Waals surface area (Å²) in [7, 11) is 0. The maximum Gasteiger partial charge on any atom is 0.237 e. The summed E-state index contributed by atoms with van der Waals surface area (Å²) in [6.07, 6.45) is 1.79. The van der Waals surface area contributed by atoms with Gasteiger partial charge in [-0.15, -0.1) is 0 Å². The topological polar surface area (TPSA) is 174 Å². The molecule has 7 N–H and O–H groups in total. The third-order valence-electron chi connectivity index (χ3n) is 4.95. The van der Waals surface area contributed by atoms with Crippen molar-refractivity contribution in [3.8, 4) is 0 Å². The zero-order valence-corrected chi connectivity index (χ0v) is 13.9. The molecule has 26 heavy (non-hydrogen) atoms. The molecule has 2 aliphatic rings. The van der Waals surface area contributed by atoms with Gasteiger partial charge in [-0.1, -0.05) is 0 Å². The molecule has 5 atom stereocenters. The Balaban J connectivity index is 1.65. The highest BCUT2D eigenvalue weighted by atomic mass is 16.5. The summed E-state index contributed by atoms with van der Waals surface area (Å²) < 4.78 is 7.31. The molecule has 1 saturated heterocycles. The molecule has 11 nitrogen and oxygen atoms in total. The molecule has 2 unspecified atom stereocenters. The Morgan fingerprint density at radius 3 is 2.88 bits per heavy atom. The molecule has 140 valence electrons. The van der Waals surface area contributed by atoms with E-state index in [1.165, 1.54) is 12.7 Å². The third-order valence-corrected chi connectivity index (χ3v) is 4.95. The Morgan fingerprint density at radius 1 is 1.42 bits per heavy atom. The highest BCUT2D eigenvalue weighted by molar-refractivity contribution is 5.83. The van der Waals surface area contributed by atoms with Crippen LogP contribution in [0.3, 0.4) is 0 Å². The SMILES string of the molecule is Nc1ncnc2c1ncn2[C@@H]1O[C@H](CO)[C@H](O)C1NC(=O)C(N)C1CC1. The van der Waals surface area contributed by atoms with Crippen molar-refractivity contribution in [1.29, 1.82) is 0 Å². The van der Waals surface area contributed by atoms with Crippen molar-refractivity contribution in [2.75, 3.05) is 12.3 Å². The van der Waals surface area contributed by atoms with Gasteiger partial charge < -0.3 is 31.7 Å². The molecule has 11 heteroatoms. The maximum atomic E-state index is 12.4. The summed E-state index contributed by atoms with van der Waals surface area (Å²) in [5, 5.41) is 22.7. The highest BCUT2D eigenvalue weighted by Gasteiger charge is 2.47. The molecule has 3 heterocycles. The van der Waals surface area contributed by atoms with Gasteiger partial charge in [0.25, 0.3) is 0 Å². The molecule has 4 rings (SSSR count). The maximum absolute atomic E-state index is 12.4. The molecule has 0 aromatic carbocycles. The zero-order chi connectivity index (χ0) is 18.4. The van der Waals surface area contributed by atoms with Crippen molar-refractivity contribution in [2.24, 2.45) is 11.7 Å². The van der Waals surface area contributed by atoms with Crippen molar-refractivity contribution in [3.05, 3.63) is 12.7 Å². The monoisotopic (exact) mass is 363 g/mol. The number of aliphatic hydroxyl groups is 2. The van der Waals surface area contributed by atoms with E-state index in [1.54, 1.807) is 4.57 Å². The number of aliphatic hydroxyl groups excluding tert-OH is 2. The number of nitrogens with one attached hydrogen (secondary N) is 1. The Hall–Kier alpha value is -2.34. The number of nitrogens with two attached hydrogens (primary N) is 2. The second-order valence-corrected chi connectivity index (χ2v) is 6.72. The van der Waals surface area contributed by atoms with E-state index in [-0.39, 0.29) is 17.6 Å². The number of hydrogen-bond acceptors (Lipinski definition) is 9. The van der Waals surface area contributed by atoms with Crippen LogP contribution in [0.25, 0.3) is 11.2 Å². The van der Waals surface area contributed by atoms with E-state index < -0.39 is 37.1 Å². The molecule has 2 aromatic heterocycles. The lowest BCUT2D eigenvalue weighted by Crippen LogP contribution is -2.52. The minimum atomic E-state index is -1.11. The van der Waals surface area contributed by atoms with Crippen LogP contribution in [-0.4, -0.2) is 66.5 Å². The largest absolute Gasteiger partial charge is 0.394 e. The van der Waals surface area contributed by atoms with Gasteiger partial charge in [0.2, 0.25) is 5.91 Å². The number of rotatable bonds is 5. The summed E-state index contributed by atoms with van der Waals surface area (Å²) in [6, 6.07) is -1.45. The van der Waals surface area contributed by atoms with E-state index in [0.717, 1.165) is 12.8 Å². The molecule has 0 radical (unpaired) electrons. The molecule has 1 aliphatic heterocycles. The minimum absolute atomic E-state index is 0.170. The average Bonchev–Trinajstić information content (AvgIpc) is 3.32. The molecule has 0 bridgehead atoms. The molecule has 2 aromatic rings. The Bertz CT molecular complexity index is 823. The van der Waals surface area contributed by atoms with Gasteiger partial charge >= 0.3 is 0 Å². The van der Waals surface area contributed by atoms with Crippen molar-refractivity contribution in [2.45, 2.75) is 43.4 Å². The first-order valence-electron chi connectivity index (χ1n) is 8.44. The molecular weight excluding hydrogens is 342 g/mol. The van der Waals surface area contributed by atoms with Crippen LogP contribution in [0.1, 0.15) is 19.1 Å². The lowest BCUT2D eigenvalue weighted by Gasteiger charge is -2.24. The predicted octanol–water partition coefficient (Wildman–Crippen LogP) is -2.12. The number of hydrogen-bond donors (Lipinski definition) is 5. The number of nitrogens with zero attached hydrogens (tertiary/aromatic N) is 4. The third kappa shape index (κ3) is 2.78. The van der Waals surface area contributed by atoms with Crippen molar-refractivity contribution in [1.82, 2.24) is 24.8 Å². The van der Waals surface area contributed by atoms with Crippen LogP contribution in [0.4, 0.5) is 5.82 Å². The van der Waals surface area contributed by atoms with Crippen LogP contribution in [0.15, 0.2) is 12.7 Å². The van der Waals surface area contributed by atoms with Gasteiger partial charge in [-0.25, -0.2) is 15.0 Å². The first-order chi connectivity index (χ1) is 12.5. The van der Waals surface area contributed by atoms with Crippen molar-refractivity contribution in [3.63, 3.8) is 0 Å². The smallest absolute Gasteiger partial charge is 0.237 e. The fourth-order valence-corrected chi connectivity index (χ4v) is 3.28. The van der Waals surface area contributed by atoms with Gasteiger partial charge in [-0.3, -0.25) is 9.36 Å². The number of imidazole rings is 1. The zero-order valence-electron chi connectivity index (χ0n) is 13.9. The fourth-order valence-electron chi connectivity index (χ4n) is 3.28. The second-order valence-electron chi connectivity index (χ2n) is 6.72. The predicted molar refractivity (Wildman–Crippen MR) is 89.4 cm³/mol. The lowest BCUT2D eigenvalue weighted by molar-refractivity contribution is -0.124. The number of amides is 1. The first-order valence-corrected chi connectivity index (χ1v) is 8.44. The van der Waals surface area contributed by atoms with Gasteiger partial charge in [0.05, 0.1) is 19.0 Å². The van der Waals surface area contributed by atoms with Gasteiger partial charge in [0.15, 0.2) is 17.7 Å². The Morgan fingerprint density at radius 2 is 2.19 bits per heavy atom. The van der Waals surface area contributed by atoms with Crippen LogP contribution in [0, 0.1) is 5.92 Å². The summed E-state index contributed by atoms with van der Waals surface area (Å²) in [5.41, 5.74) is 12.5. The van der Waals surface area contributed by atoms with Gasteiger partial charge in [0.1, 0.15) is 30.1 Å². The normalized spacial score (nSPS) is 29.8. The summed E-state index contributed by atoms with van der Waals surface area (Å²) in [4.78, 5) is 24.6. The highest BCUT2D eigenvalue weighted by Crippen LogP contribution is 2.34. The number of nitrogen functional groups attached to an aromatic ring is 1. The van der Waals surface area contributed by atoms with E-state index in [2.05, 4.69) is 20.3 Å². The molecule has 0 spiro atoms. The first kappa shape index (κ1) is 17.1. The van der Waals surface area contributed by atoms with Crippen LogP contribution >= 0.6 is 0 Å². The van der Waals surface area contributed by atoms with E-state index in [1.807, 2.05) is 0 Å². The van der Waals surface area contributed by atoms with Gasteiger partial charge in [0, 0.05) is 0 Å². The number of fused-ring (bicyclic) bond motifs is 1. The lowest BCUT2D eigenvalue weighted by atomic mass is 10.1. The summed E-state index contributed by atoms with van der Waals surface area (Å²) in [5.74, 6) is 0.0211. The van der Waals surface area contributed by atoms with E-state index in [0.29, 0.717) is 11.2 Å². The number of carbonyl (C=O) groups is 1. The molecule has 2 fully saturated rings. The minimum Gasteiger partial charge on any atom is -0.394 e. The van der Waals surface area contributed by atoms with Crippen LogP contribution in [0.2, 0.25) is 0 Å². The Kier molecular flexibility index (Phi) is 4.23. The van der Waals surface area contributed by atoms with Crippen molar-refractivity contribution >= 4 is 22.9 Å². The quantitative estimate of drug-likeness (QED) is 0.398. The number of aromatic nitrogens is 4. The molecular formula is C15H21N7O4. The number of anilines is 1. The van der Waals surface area contributed by atoms with Gasteiger partial charge in [-0.2, -0.15) is 0 Å². The summed E-state index contributed by atoms with van der Waals surface area (Å²) >= 11 is 0. The fraction of sp³-hybridized carbons (Fsp3) is 0.600. The van der Waals surface area contributed by atoms with Crippen LogP contribution in [-0.2, 0) is 9.53 Å². The standard InChI is InChI=1S/C15H21N7O4/c16-8(6-1-2-6)14(25)21-9-11(24)7(3-23)26-15(9)22-5-20-10-12(17)18-4-19-13(10)22/h4-9,11,15,23-24H,1-3,16H2,(H,21,25)(H2,17,18,19)/t7-,8?,9?,11+,15-/m1/s1. The molecule has 1 aliphatic carbocycles. The van der Waals surface area contributed by atoms with Gasteiger partial charge in [-0.05, 0) is 18.8 Å². The van der Waals surface area contributed by atoms with Crippen LogP contribution < -0.4 is 16.8 Å². The summed E-state index contributed by atoms with van der Waals surface area (Å²) in [6.45, 7) is -0.400. The second kappa shape index (κ2) is 6.43. The average molecular weight is 363 g/mol. The molecule has 1 saturated carbocycles. The molecule has 1 amide bonds. The van der Waals surface area contributed by atoms with E-state index >= 15 is 0 Å². The number of ether oxygens (including phenoxy) is 1. The Labute approximate surface area is 148 Å².